The molecule has 1 N–H and O–H groups in total. The zero-order valence-electron chi connectivity index (χ0n) is 16.6. The first-order valence-corrected chi connectivity index (χ1v) is 9.62. The summed E-state index contributed by atoms with van der Waals surface area (Å²) in [6.07, 6.45) is 0.612. The highest BCUT2D eigenvalue weighted by Gasteiger charge is 2.55. The Labute approximate surface area is 165 Å². The maximum absolute atomic E-state index is 12.2. The summed E-state index contributed by atoms with van der Waals surface area (Å²) in [5.41, 5.74) is 3.33. The topological polar surface area (TPSA) is 56.8 Å². The van der Waals surface area contributed by atoms with Crippen molar-refractivity contribution in [1.82, 2.24) is 0 Å². The van der Waals surface area contributed by atoms with Crippen LogP contribution in [-0.2, 0) is 11.2 Å². The van der Waals surface area contributed by atoms with Crippen LogP contribution in [0.15, 0.2) is 42.5 Å². The molecule has 2 aromatic rings. The Balaban J connectivity index is 1.47. The van der Waals surface area contributed by atoms with E-state index in [0.29, 0.717) is 18.6 Å². The fourth-order valence-corrected chi connectivity index (χ4v) is 4.75. The normalized spacial score (nSPS) is 25.0. The van der Waals surface area contributed by atoms with Gasteiger partial charge < -0.3 is 18.7 Å². The van der Waals surface area contributed by atoms with E-state index in [1.807, 2.05) is 30.3 Å². The van der Waals surface area contributed by atoms with Crippen LogP contribution in [0.5, 0.6) is 11.5 Å². The molecule has 1 fully saturated rings. The Bertz CT molecular complexity index is 870. The van der Waals surface area contributed by atoms with Crippen LogP contribution in [0.25, 0.3) is 0 Å². The molecule has 1 saturated heterocycles. The molecule has 2 aliphatic rings. The van der Waals surface area contributed by atoms with E-state index in [9.17, 15) is 4.79 Å². The number of methoxy groups -OCH3 is 2. The molecule has 0 aromatic heterocycles. The molecule has 6 heteroatoms. The van der Waals surface area contributed by atoms with Crippen molar-refractivity contribution >= 4 is 11.8 Å². The number of ether oxygens (including phenoxy) is 3. The van der Waals surface area contributed by atoms with E-state index in [-0.39, 0.29) is 0 Å². The van der Waals surface area contributed by atoms with Gasteiger partial charge >= 0.3 is 6.09 Å². The van der Waals surface area contributed by atoms with Crippen molar-refractivity contribution in [2.75, 3.05) is 46.3 Å². The van der Waals surface area contributed by atoms with Gasteiger partial charge in [-0.25, -0.2) is 4.79 Å². The molecule has 0 radical (unpaired) electrons. The summed E-state index contributed by atoms with van der Waals surface area (Å²) >= 11 is 0. The Morgan fingerprint density at radius 1 is 1.14 bits per heavy atom. The first-order chi connectivity index (χ1) is 13.5. The van der Waals surface area contributed by atoms with Gasteiger partial charge in [0.25, 0.3) is 0 Å². The van der Waals surface area contributed by atoms with Crippen molar-refractivity contribution in [2.45, 2.75) is 12.5 Å². The molecule has 0 saturated carbocycles. The Kier molecular flexibility index (Phi) is 4.89. The maximum Gasteiger partial charge on any atom is 0.411 e. The van der Waals surface area contributed by atoms with Crippen LogP contribution in [0.1, 0.15) is 17.2 Å². The standard InChI is InChI=1S/C22H26N2O4/c1-24-10-9-15-11-19(26-2)20(27-3)12-18(15)21(24)16(13-24)14-28-22(25)23-17-7-5-4-6-8-17/h4-8,11-12,16,21H,9-10,13-14H2,1-3H3/p+1/t16-,21+,24+/m0/s1. The maximum atomic E-state index is 12.2. The van der Waals surface area contributed by atoms with Gasteiger partial charge in [0, 0.05) is 17.7 Å². The average Bonchev–Trinajstić information content (AvgIpc) is 2.69. The monoisotopic (exact) mass is 383 g/mol. The fraction of sp³-hybridized carbons (Fsp3) is 0.409. The average molecular weight is 383 g/mol. The van der Waals surface area contributed by atoms with Gasteiger partial charge in [0.1, 0.15) is 12.6 Å². The van der Waals surface area contributed by atoms with E-state index in [1.165, 1.54) is 11.1 Å². The molecule has 2 aromatic carbocycles. The largest absolute Gasteiger partial charge is 0.493 e. The van der Waals surface area contributed by atoms with Gasteiger partial charge in [-0.15, -0.1) is 0 Å². The number of hydrogen-bond donors (Lipinski definition) is 1. The molecule has 0 bridgehead atoms. The van der Waals surface area contributed by atoms with Gasteiger partial charge in [0.15, 0.2) is 11.5 Å². The number of hydrogen-bond acceptors (Lipinski definition) is 4. The number of carbonyl (C=O) groups excluding carboxylic acids is 1. The van der Waals surface area contributed by atoms with Crippen LogP contribution in [-0.4, -0.2) is 51.5 Å². The van der Waals surface area contributed by atoms with Crippen molar-refractivity contribution in [3.8, 4) is 11.5 Å². The molecule has 28 heavy (non-hydrogen) atoms. The summed E-state index contributed by atoms with van der Waals surface area (Å²) in [5, 5.41) is 2.78. The highest BCUT2D eigenvalue weighted by atomic mass is 16.5. The number of carbonyl (C=O) groups is 1. The lowest BCUT2D eigenvalue weighted by atomic mass is 9.75. The van der Waals surface area contributed by atoms with E-state index < -0.39 is 6.09 Å². The summed E-state index contributed by atoms with van der Waals surface area (Å²) in [6.45, 7) is 2.50. The predicted molar refractivity (Wildman–Crippen MR) is 107 cm³/mol. The third-order valence-electron chi connectivity index (χ3n) is 6.07. The van der Waals surface area contributed by atoms with Crippen LogP contribution < -0.4 is 14.8 Å². The number of anilines is 1. The van der Waals surface area contributed by atoms with E-state index in [0.717, 1.165) is 41.2 Å². The molecule has 2 aliphatic heterocycles. The minimum atomic E-state index is -0.407. The number of para-hydroxylation sites is 1. The molecule has 2 heterocycles. The SMILES string of the molecule is COc1cc2c(cc1OC)[C@H]1[C@H](COC(=O)Nc3ccccc3)C[N@@+]1(C)CC2. The van der Waals surface area contributed by atoms with Crippen molar-refractivity contribution in [1.29, 1.82) is 0 Å². The molecule has 1 amide bonds. The number of likely N-dealkylation sites (N-methyl/N-ethyl adjacent to an activating group) is 1. The third kappa shape index (κ3) is 3.29. The highest BCUT2D eigenvalue weighted by Crippen LogP contribution is 2.50. The first-order valence-electron chi connectivity index (χ1n) is 9.62. The van der Waals surface area contributed by atoms with E-state index in [2.05, 4.69) is 24.5 Å². The number of nitrogens with one attached hydrogen (secondary N) is 1. The van der Waals surface area contributed by atoms with Crippen LogP contribution >= 0.6 is 0 Å². The van der Waals surface area contributed by atoms with Crippen LogP contribution in [0, 0.1) is 5.92 Å². The lowest BCUT2D eigenvalue weighted by molar-refractivity contribution is -0.992. The second-order valence-corrected chi connectivity index (χ2v) is 7.84. The van der Waals surface area contributed by atoms with Gasteiger partial charge in [-0.1, -0.05) is 18.2 Å². The summed E-state index contributed by atoms with van der Waals surface area (Å²) in [7, 11) is 5.61. The summed E-state index contributed by atoms with van der Waals surface area (Å²) < 4.78 is 17.5. The second-order valence-electron chi connectivity index (χ2n) is 7.84. The number of amides is 1. The quantitative estimate of drug-likeness (QED) is 0.801. The number of fused-ring (bicyclic) bond motifs is 3. The minimum Gasteiger partial charge on any atom is -0.493 e. The number of rotatable bonds is 5. The molecule has 0 unspecified atom stereocenters. The molecule has 0 aliphatic carbocycles. The molecule has 4 rings (SSSR count). The van der Waals surface area contributed by atoms with Crippen LogP contribution in [0.3, 0.4) is 0 Å². The van der Waals surface area contributed by atoms with Gasteiger partial charge in [0.2, 0.25) is 0 Å². The highest BCUT2D eigenvalue weighted by molar-refractivity contribution is 5.84. The summed E-state index contributed by atoms with van der Waals surface area (Å²) in [5.74, 6) is 1.82. The summed E-state index contributed by atoms with van der Waals surface area (Å²) in [4.78, 5) is 12.2. The van der Waals surface area contributed by atoms with E-state index in [1.54, 1.807) is 14.2 Å². The smallest absolute Gasteiger partial charge is 0.411 e. The van der Waals surface area contributed by atoms with Gasteiger partial charge in [-0.2, -0.15) is 0 Å². The number of nitrogens with zero attached hydrogens (tertiary/aromatic N) is 1. The Morgan fingerprint density at radius 2 is 1.86 bits per heavy atom. The lowest BCUT2D eigenvalue weighted by Crippen LogP contribution is -2.66. The zero-order chi connectivity index (χ0) is 19.7. The van der Waals surface area contributed by atoms with Crippen molar-refractivity contribution in [3.63, 3.8) is 0 Å². The predicted octanol–water partition coefficient (Wildman–Crippen LogP) is 3.63. The molecule has 3 atom stereocenters. The zero-order valence-corrected chi connectivity index (χ0v) is 16.6. The number of benzene rings is 2. The second kappa shape index (κ2) is 7.36. The minimum absolute atomic E-state index is 0.295. The van der Waals surface area contributed by atoms with Gasteiger partial charge in [0.05, 0.1) is 40.3 Å². The summed E-state index contributed by atoms with van der Waals surface area (Å²) in [6, 6.07) is 13.9. The van der Waals surface area contributed by atoms with Crippen molar-refractivity contribution < 1.29 is 23.5 Å². The molecule has 148 valence electrons. The third-order valence-corrected chi connectivity index (χ3v) is 6.07. The van der Waals surface area contributed by atoms with Crippen LogP contribution in [0.2, 0.25) is 0 Å². The molecular formula is C22H27N2O4+. The van der Waals surface area contributed by atoms with Gasteiger partial charge in [-0.05, 0) is 29.8 Å². The van der Waals surface area contributed by atoms with E-state index >= 15 is 0 Å². The first kappa shape index (κ1) is 18.6. The molecule has 6 nitrogen and oxygen atoms in total. The fourth-order valence-electron chi connectivity index (χ4n) is 4.75. The lowest BCUT2D eigenvalue weighted by Gasteiger charge is -2.57. The molecule has 0 spiro atoms. The van der Waals surface area contributed by atoms with Gasteiger partial charge in [-0.3, -0.25) is 5.32 Å². The number of quaternary nitrogens is 1. The Morgan fingerprint density at radius 3 is 2.57 bits per heavy atom. The van der Waals surface area contributed by atoms with Crippen molar-refractivity contribution in [2.24, 2.45) is 5.92 Å². The van der Waals surface area contributed by atoms with Crippen LogP contribution in [0.4, 0.5) is 10.5 Å². The molecular weight excluding hydrogens is 356 g/mol. The van der Waals surface area contributed by atoms with E-state index in [4.69, 9.17) is 14.2 Å². The van der Waals surface area contributed by atoms with Crippen molar-refractivity contribution in [3.05, 3.63) is 53.6 Å². The Hall–Kier alpha value is -2.73.